The predicted octanol–water partition coefficient (Wildman–Crippen LogP) is 5.42. The van der Waals surface area contributed by atoms with E-state index in [1.807, 2.05) is 19.1 Å². The summed E-state index contributed by atoms with van der Waals surface area (Å²) in [5.74, 6) is -1.22. The summed E-state index contributed by atoms with van der Waals surface area (Å²) in [6.45, 7) is 1.87. The summed E-state index contributed by atoms with van der Waals surface area (Å²) < 4.78 is 27.8. The molecule has 0 spiro atoms. The molecule has 1 atom stereocenters. The van der Waals surface area contributed by atoms with Crippen LogP contribution in [0, 0.1) is 11.6 Å². The summed E-state index contributed by atoms with van der Waals surface area (Å²) in [5, 5.41) is 3.53. The van der Waals surface area contributed by atoms with Crippen molar-refractivity contribution in [3.63, 3.8) is 0 Å². The minimum atomic E-state index is -0.611. The molecule has 0 radical (unpaired) electrons. The summed E-state index contributed by atoms with van der Waals surface area (Å²) in [6.07, 6.45) is 0.645. The molecule has 0 aliphatic carbocycles. The summed E-state index contributed by atoms with van der Waals surface area (Å²) in [6, 6.07) is 9.75. The lowest BCUT2D eigenvalue weighted by Gasteiger charge is -2.17. The largest absolute Gasteiger partial charge is 0.378 e. The van der Waals surface area contributed by atoms with Gasteiger partial charge in [-0.15, -0.1) is 0 Å². The fraction of sp³-hybridized carbons (Fsp3) is 0.200. The minimum absolute atomic E-state index is 0.102. The van der Waals surface area contributed by atoms with Crippen molar-refractivity contribution in [3.8, 4) is 0 Å². The monoisotopic (exact) mass is 359 g/mol. The van der Waals surface area contributed by atoms with Gasteiger partial charge in [0.05, 0.1) is 0 Å². The molecule has 1 N–H and O–H groups in total. The van der Waals surface area contributed by atoms with Crippen molar-refractivity contribution in [1.29, 1.82) is 0 Å². The SMILES string of the molecule is CC(Cc1ccc(Cl)cc1)Nc1c(F)cc(Br)cc1F. The molecule has 106 valence electrons. The Labute approximate surface area is 130 Å². The third-order valence-corrected chi connectivity index (χ3v) is 3.56. The molecule has 0 aliphatic rings. The van der Waals surface area contributed by atoms with E-state index >= 15 is 0 Å². The fourth-order valence-electron chi connectivity index (χ4n) is 1.95. The average Bonchev–Trinajstić information content (AvgIpc) is 2.36. The minimum Gasteiger partial charge on any atom is -0.378 e. The number of rotatable bonds is 4. The molecule has 1 unspecified atom stereocenters. The fourth-order valence-corrected chi connectivity index (χ4v) is 2.48. The van der Waals surface area contributed by atoms with Crippen molar-refractivity contribution in [2.75, 3.05) is 5.32 Å². The van der Waals surface area contributed by atoms with Crippen molar-refractivity contribution in [3.05, 3.63) is 63.1 Å². The Morgan fingerprint density at radius 1 is 1.15 bits per heavy atom. The predicted molar refractivity (Wildman–Crippen MR) is 82.3 cm³/mol. The standard InChI is InChI=1S/C15H13BrClF2N/c1-9(6-10-2-4-12(17)5-3-10)20-15-13(18)7-11(16)8-14(15)19/h2-5,7-9,20H,6H2,1H3. The first-order valence-corrected chi connectivity index (χ1v) is 7.28. The summed E-state index contributed by atoms with van der Waals surface area (Å²) in [7, 11) is 0. The van der Waals surface area contributed by atoms with Crippen LogP contribution in [0.4, 0.5) is 14.5 Å². The highest BCUT2D eigenvalue weighted by Gasteiger charge is 2.13. The van der Waals surface area contributed by atoms with Crippen LogP contribution >= 0.6 is 27.5 Å². The van der Waals surface area contributed by atoms with Crippen LogP contribution in [0.15, 0.2) is 40.9 Å². The van der Waals surface area contributed by atoms with Crippen LogP contribution in [0.2, 0.25) is 5.02 Å². The first-order valence-electron chi connectivity index (χ1n) is 6.11. The zero-order chi connectivity index (χ0) is 14.7. The number of hydrogen-bond donors (Lipinski definition) is 1. The number of hydrogen-bond acceptors (Lipinski definition) is 1. The number of benzene rings is 2. The molecule has 0 amide bonds. The molecule has 0 aromatic heterocycles. The van der Waals surface area contributed by atoms with Gasteiger partial charge in [-0.25, -0.2) is 8.78 Å². The molecule has 20 heavy (non-hydrogen) atoms. The van der Waals surface area contributed by atoms with Gasteiger partial charge in [-0.1, -0.05) is 39.7 Å². The van der Waals surface area contributed by atoms with E-state index < -0.39 is 11.6 Å². The van der Waals surface area contributed by atoms with Crippen LogP contribution in [0.25, 0.3) is 0 Å². The van der Waals surface area contributed by atoms with Gasteiger partial charge in [0.1, 0.15) is 17.3 Å². The van der Waals surface area contributed by atoms with Crippen molar-refractivity contribution in [2.24, 2.45) is 0 Å². The third-order valence-electron chi connectivity index (χ3n) is 2.85. The molecule has 1 nitrogen and oxygen atoms in total. The van der Waals surface area contributed by atoms with E-state index in [0.29, 0.717) is 15.9 Å². The molecular weight excluding hydrogens is 348 g/mol. The van der Waals surface area contributed by atoms with Gasteiger partial charge in [-0.2, -0.15) is 0 Å². The lowest BCUT2D eigenvalue weighted by Crippen LogP contribution is -2.19. The Bertz CT molecular complexity index is 578. The number of halogens is 4. The Hall–Kier alpha value is -1.13. The second-order valence-corrected chi connectivity index (χ2v) is 5.97. The van der Waals surface area contributed by atoms with Gasteiger partial charge in [0, 0.05) is 15.5 Å². The van der Waals surface area contributed by atoms with E-state index in [1.165, 1.54) is 12.1 Å². The highest BCUT2D eigenvalue weighted by molar-refractivity contribution is 9.10. The quantitative estimate of drug-likeness (QED) is 0.767. The van der Waals surface area contributed by atoms with E-state index in [2.05, 4.69) is 21.2 Å². The second-order valence-electron chi connectivity index (χ2n) is 4.62. The molecule has 2 aromatic carbocycles. The maximum absolute atomic E-state index is 13.7. The van der Waals surface area contributed by atoms with E-state index in [1.54, 1.807) is 12.1 Å². The highest BCUT2D eigenvalue weighted by Crippen LogP contribution is 2.25. The Balaban J connectivity index is 2.08. The van der Waals surface area contributed by atoms with Gasteiger partial charge in [-0.3, -0.25) is 0 Å². The van der Waals surface area contributed by atoms with E-state index in [-0.39, 0.29) is 11.7 Å². The molecule has 0 fully saturated rings. The van der Waals surface area contributed by atoms with Crippen LogP contribution in [-0.2, 0) is 6.42 Å². The molecule has 0 saturated carbocycles. The Kier molecular flexibility index (Phi) is 5.00. The normalized spacial score (nSPS) is 12.2. The maximum Gasteiger partial charge on any atom is 0.150 e. The zero-order valence-electron chi connectivity index (χ0n) is 10.8. The second kappa shape index (κ2) is 6.55. The lowest BCUT2D eigenvalue weighted by atomic mass is 10.1. The zero-order valence-corrected chi connectivity index (χ0v) is 13.1. The third kappa shape index (κ3) is 3.93. The molecule has 2 rings (SSSR count). The van der Waals surface area contributed by atoms with E-state index in [0.717, 1.165) is 5.56 Å². The molecular formula is C15H13BrClF2N. The summed E-state index contributed by atoms with van der Waals surface area (Å²) >= 11 is 8.87. The first-order chi connectivity index (χ1) is 9.45. The van der Waals surface area contributed by atoms with Gasteiger partial charge in [0.15, 0.2) is 0 Å². The molecule has 0 bridgehead atoms. The van der Waals surface area contributed by atoms with Gasteiger partial charge in [-0.05, 0) is 43.2 Å². The van der Waals surface area contributed by atoms with Gasteiger partial charge >= 0.3 is 0 Å². The number of anilines is 1. The van der Waals surface area contributed by atoms with Gasteiger partial charge in [0.2, 0.25) is 0 Å². The molecule has 0 heterocycles. The molecule has 0 aliphatic heterocycles. The van der Waals surface area contributed by atoms with Gasteiger partial charge < -0.3 is 5.32 Å². The first kappa shape index (κ1) is 15.3. The smallest absolute Gasteiger partial charge is 0.150 e. The summed E-state index contributed by atoms with van der Waals surface area (Å²) in [4.78, 5) is 0. The van der Waals surface area contributed by atoms with Crippen LogP contribution in [0.5, 0.6) is 0 Å². The van der Waals surface area contributed by atoms with Crippen molar-refractivity contribution >= 4 is 33.2 Å². The van der Waals surface area contributed by atoms with Crippen molar-refractivity contribution in [1.82, 2.24) is 0 Å². The van der Waals surface area contributed by atoms with Crippen LogP contribution < -0.4 is 5.32 Å². The number of nitrogens with one attached hydrogen (secondary N) is 1. The highest BCUT2D eigenvalue weighted by atomic mass is 79.9. The Morgan fingerprint density at radius 3 is 2.25 bits per heavy atom. The topological polar surface area (TPSA) is 12.0 Å². The van der Waals surface area contributed by atoms with Crippen molar-refractivity contribution < 1.29 is 8.78 Å². The molecule has 2 aromatic rings. The molecule has 5 heteroatoms. The van der Waals surface area contributed by atoms with Crippen molar-refractivity contribution in [2.45, 2.75) is 19.4 Å². The lowest BCUT2D eigenvalue weighted by molar-refractivity contribution is 0.581. The van der Waals surface area contributed by atoms with Crippen LogP contribution in [0.1, 0.15) is 12.5 Å². The van der Waals surface area contributed by atoms with Gasteiger partial charge in [0.25, 0.3) is 0 Å². The Morgan fingerprint density at radius 2 is 1.70 bits per heavy atom. The molecule has 0 saturated heterocycles. The van der Waals surface area contributed by atoms with E-state index in [9.17, 15) is 8.78 Å². The maximum atomic E-state index is 13.7. The average molecular weight is 361 g/mol. The van der Waals surface area contributed by atoms with E-state index in [4.69, 9.17) is 11.6 Å². The van der Waals surface area contributed by atoms with Crippen LogP contribution in [-0.4, -0.2) is 6.04 Å². The van der Waals surface area contributed by atoms with Crippen LogP contribution in [0.3, 0.4) is 0 Å². The summed E-state index contributed by atoms with van der Waals surface area (Å²) in [5.41, 5.74) is 0.946.